The van der Waals surface area contributed by atoms with Crippen LogP contribution in [0, 0.1) is 10.1 Å². The van der Waals surface area contributed by atoms with Crippen LogP contribution < -0.4 is 10.6 Å². The Bertz CT molecular complexity index is 533. The molecule has 1 heterocycles. The van der Waals surface area contributed by atoms with Crippen molar-refractivity contribution in [3.8, 4) is 0 Å². The maximum Gasteiger partial charge on any atom is 0.269 e. The summed E-state index contributed by atoms with van der Waals surface area (Å²) in [4.78, 5) is 22.7. The molecule has 0 aliphatic carbocycles. The lowest BCUT2D eigenvalue weighted by molar-refractivity contribution is -0.384. The normalized spacial score (nSPS) is 23.3. The highest BCUT2D eigenvalue weighted by molar-refractivity contribution is 5.83. The van der Waals surface area contributed by atoms with E-state index in [1.165, 1.54) is 12.1 Å². The molecule has 0 spiro atoms. The van der Waals surface area contributed by atoms with Gasteiger partial charge in [-0.3, -0.25) is 14.9 Å². The number of amides is 1. The van der Waals surface area contributed by atoms with Crippen LogP contribution in [0.4, 0.5) is 5.69 Å². The standard InChI is InChI=1S/C15H21N3O3/c1-10(12-5-3-6-13(9-12)18(20)21)15(19)17-14-7-4-8-16-11(14)2/h3,5-6,9-11,14,16H,4,7-8H2,1-2H3,(H,17,19). The molecule has 1 aromatic carbocycles. The zero-order chi connectivity index (χ0) is 15.4. The molecule has 0 saturated carbocycles. The number of rotatable bonds is 4. The SMILES string of the molecule is CC(C(=O)NC1CCCNC1C)c1cccc([N+](=O)[O-])c1. The third kappa shape index (κ3) is 3.78. The monoisotopic (exact) mass is 291 g/mol. The van der Waals surface area contributed by atoms with Gasteiger partial charge in [0.2, 0.25) is 5.91 Å². The zero-order valence-corrected chi connectivity index (χ0v) is 12.3. The lowest BCUT2D eigenvalue weighted by Crippen LogP contribution is -2.52. The Morgan fingerprint density at radius 1 is 1.52 bits per heavy atom. The molecular weight excluding hydrogens is 270 g/mol. The average molecular weight is 291 g/mol. The molecule has 1 amide bonds. The first-order chi connectivity index (χ1) is 9.99. The van der Waals surface area contributed by atoms with Gasteiger partial charge in [-0.15, -0.1) is 0 Å². The van der Waals surface area contributed by atoms with Crippen molar-refractivity contribution in [2.75, 3.05) is 6.54 Å². The van der Waals surface area contributed by atoms with Crippen LogP contribution in [-0.4, -0.2) is 29.5 Å². The predicted octanol–water partition coefficient (Wildman–Crippen LogP) is 1.95. The second kappa shape index (κ2) is 6.67. The van der Waals surface area contributed by atoms with Crippen LogP contribution in [0.2, 0.25) is 0 Å². The van der Waals surface area contributed by atoms with Crippen LogP contribution in [0.15, 0.2) is 24.3 Å². The maximum atomic E-state index is 12.3. The van der Waals surface area contributed by atoms with Crippen molar-refractivity contribution in [2.45, 2.75) is 44.7 Å². The van der Waals surface area contributed by atoms with E-state index < -0.39 is 10.8 Å². The summed E-state index contributed by atoms with van der Waals surface area (Å²) in [5.74, 6) is -0.491. The maximum absolute atomic E-state index is 12.3. The van der Waals surface area contributed by atoms with Crippen molar-refractivity contribution in [1.29, 1.82) is 0 Å². The van der Waals surface area contributed by atoms with Crippen molar-refractivity contribution in [2.24, 2.45) is 0 Å². The number of benzene rings is 1. The molecule has 114 valence electrons. The number of nitro benzene ring substituents is 1. The summed E-state index contributed by atoms with van der Waals surface area (Å²) in [5, 5.41) is 17.2. The summed E-state index contributed by atoms with van der Waals surface area (Å²) in [6.45, 7) is 4.81. The zero-order valence-electron chi connectivity index (χ0n) is 12.3. The first-order valence-electron chi connectivity index (χ1n) is 7.27. The minimum absolute atomic E-state index is 0.0138. The second-order valence-corrected chi connectivity index (χ2v) is 5.57. The molecule has 1 fully saturated rings. The first-order valence-corrected chi connectivity index (χ1v) is 7.27. The molecule has 0 aromatic heterocycles. The highest BCUT2D eigenvalue weighted by Crippen LogP contribution is 2.21. The van der Waals surface area contributed by atoms with Gasteiger partial charge in [0.1, 0.15) is 0 Å². The van der Waals surface area contributed by atoms with E-state index in [1.54, 1.807) is 19.1 Å². The molecule has 1 aliphatic rings. The predicted molar refractivity (Wildman–Crippen MR) is 80.1 cm³/mol. The van der Waals surface area contributed by atoms with Gasteiger partial charge in [-0.05, 0) is 38.8 Å². The highest BCUT2D eigenvalue weighted by Gasteiger charge is 2.25. The Labute approximate surface area is 124 Å². The Kier molecular flexibility index (Phi) is 4.90. The molecule has 0 radical (unpaired) electrons. The van der Waals surface area contributed by atoms with Gasteiger partial charge >= 0.3 is 0 Å². The summed E-state index contributed by atoms with van der Waals surface area (Å²) in [6.07, 6.45) is 2.00. The van der Waals surface area contributed by atoms with Crippen molar-refractivity contribution >= 4 is 11.6 Å². The Morgan fingerprint density at radius 2 is 2.29 bits per heavy atom. The molecule has 1 aromatic rings. The smallest absolute Gasteiger partial charge is 0.269 e. The van der Waals surface area contributed by atoms with E-state index >= 15 is 0 Å². The molecule has 2 N–H and O–H groups in total. The number of piperidine rings is 1. The molecular formula is C15H21N3O3. The number of non-ortho nitro benzene ring substituents is 1. The van der Waals surface area contributed by atoms with Crippen LogP contribution in [0.1, 0.15) is 38.2 Å². The lowest BCUT2D eigenvalue weighted by atomic mass is 9.96. The quantitative estimate of drug-likeness (QED) is 0.656. The van der Waals surface area contributed by atoms with Crippen LogP contribution in [-0.2, 0) is 4.79 Å². The van der Waals surface area contributed by atoms with Crippen molar-refractivity contribution in [3.05, 3.63) is 39.9 Å². The molecule has 2 rings (SSSR count). The number of nitro groups is 1. The van der Waals surface area contributed by atoms with Crippen molar-refractivity contribution < 1.29 is 9.72 Å². The van der Waals surface area contributed by atoms with Gasteiger partial charge in [0, 0.05) is 24.2 Å². The molecule has 1 aliphatic heterocycles. The number of nitrogens with one attached hydrogen (secondary N) is 2. The average Bonchev–Trinajstić information content (AvgIpc) is 2.49. The van der Waals surface area contributed by atoms with Gasteiger partial charge in [-0.1, -0.05) is 12.1 Å². The van der Waals surface area contributed by atoms with Gasteiger partial charge in [0.15, 0.2) is 0 Å². The summed E-state index contributed by atoms with van der Waals surface area (Å²) < 4.78 is 0. The van der Waals surface area contributed by atoms with Crippen molar-refractivity contribution in [3.63, 3.8) is 0 Å². The number of nitrogens with zero attached hydrogens (tertiary/aromatic N) is 1. The van der Waals surface area contributed by atoms with Crippen LogP contribution in [0.3, 0.4) is 0 Å². The van der Waals surface area contributed by atoms with Crippen LogP contribution in [0.25, 0.3) is 0 Å². The number of hydrogen-bond acceptors (Lipinski definition) is 4. The van der Waals surface area contributed by atoms with E-state index in [0.29, 0.717) is 5.56 Å². The molecule has 3 atom stereocenters. The molecule has 1 saturated heterocycles. The summed E-state index contributed by atoms with van der Waals surface area (Å²) >= 11 is 0. The minimum atomic E-state index is -0.443. The summed E-state index contributed by atoms with van der Waals surface area (Å²) in [5.41, 5.74) is 0.679. The molecule has 6 nitrogen and oxygen atoms in total. The van der Waals surface area contributed by atoms with E-state index in [1.807, 2.05) is 0 Å². The van der Waals surface area contributed by atoms with Crippen molar-refractivity contribution in [1.82, 2.24) is 10.6 Å². The van der Waals surface area contributed by atoms with Gasteiger partial charge in [0.05, 0.1) is 10.8 Å². The van der Waals surface area contributed by atoms with Gasteiger partial charge in [-0.25, -0.2) is 0 Å². The summed E-state index contributed by atoms with van der Waals surface area (Å²) in [6, 6.07) is 6.63. The van der Waals surface area contributed by atoms with Gasteiger partial charge in [0.25, 0.3) is 5.69 Å². The first kappa shape index (κ1) is 15.4. The summed E-state index contributed by atoms with van der Waals surface area (Å²) in [7, 11) is 0. The third-order valence-electron chi connectivity index (χ3n) is 4.06. The number of carbonyl (C=O) groups excluding carboxylic acids is 1. The molecule has 0 bridgehead atoms. The minimum Gasteiger partial charge on any atom is -0.351 e. The fourth-order valence-electron chi connectivity index (χ4n) is 2.61. The molecule has 3 unspecified atom stereocenters. The highest BCUT2D eigenvalue weighted by atomic mass is 16.6. The van der Waals surface area contributed by atoms with E-state index in [0.717, 1.165) is 19.4 Å². The number of carbonyl (C=O) groups is 1. The van der Waals surface area contributed by atoms with E-state index in [-0.39, 0.29) is 23.7 Å². The van der Waals surface area contributed by atoms with Gasteiger partial charge in [-0.2, -0.15) is 0 Å². The molecule has 21 heavy (non-hydrogen) atoms. The third-order valence-corrected chi connectivity index (χ3v) is 4.06. The van der Waals surface area contributed by atoms with E-state index in [2.05, 4.69) is 17.6 Å². The molecule has 6 heteroatoms. The Hall–Kier alpha value is -1.95. The number of hydrogen-bond donors (Lipinski definition) is 2. The van der Waals surface area contributed by atoms with E-state index in [9.17, 15) is 14.9 Å². The fraction of sp³-hybridized carbons (Fsp3) is 0.533. The van der Waals surface area contributed by atoms with E-state index in [4.69, 9.17) is 0 Å². The Balaban J connectivity index is 2.04. The van der Waals surface area contributed by atoms with Crippen LogP contribution >= 0.6 is 0 Å². The van der Waals surface area contributed by atoms with Crippen LogP contribution in [0.5, 0.6) is 0 Å². The lowest BCUT2D eigenvalue weighted by Gasteiger charge is -2.31. The fourth-order valence-corrected chi connectivity index (χ4v) is 2.61. The largest absolute Gasteiger partial charge is 0.351 e. The van der Waals surface area contributed by atoms with Gasteiger partial charge < -0.3 is 10.6 Å². The second-order valence-electron chi connectivity index (χ2n) is 5.57. The topological polar surface area (TPSA) is 84.3 Å². The Morgan fingerprint density at radius 3 is 2.95 bits per heavy atom.